The topological polar surface area (TPSA) is 29.9 Å². The van der Waals surface area contributed by atoms with Crippen LogP contribution in [0.1, 0.15) is 64.1 Å². The lowest BCUT2D eigenvalue weighted by Crippen LogP contribution is -2.42. The molecule has 1 aliphatic rings. The van der Waals surface area contributed by atoms with Gasteiger partial charge in [0.2, 0.25) is 0 Å². The number of hydrogen-bond donors (Lipinski definition) is 1. The van der Waals surface area contributed by atoms with Crippen LogP contribution < -0.4 is 5.32 Å². The predicted octanol–water partition coefficient (Wildman–Crippen LogP) is 3.70. The molecule has 0 saturated heterocycles. The van der Waals surface area contributed by atoms with Gasteiger partial charge in [0.25, 0.3) is 0 Å². The lowest BCUT2D eigenvalue weighted by molar-refractivity contribution is 0.186. The van der Waals surface area contributed by atoms with Crippen molar-refractivity contribution in [2.75, 3.05) is 6.54 Å². The summed E-state index contributed by atoms with van der Waals surface area (Å²) in [6.07, 6.45) is 10.0. The Hall–Kier alpha value is -0.830. The van der Waals surface area contributed by atoms with Crippen LogP contribution in [0.4, 0.5) is 0 Å². The molecule has 1 N–H and O–H groups in total. The zero-order valence-electron chi connectivity index (χ0n) is 12.7. The van der Waals surface area contributed by atoms with Gasteiger partial charge in [-0.3, -0.25) is 4.68 Å². The van der Waals surface area contributed by atoms with E-state index in [1.54, 1.807) is 0 Å². The fraction of sp³-hybridized carbons (Fsp3) is 0.812. The first-order valence-electron chi connectivity index (χ1n) is 7.99. The van der Waals surface area contributed by atoms with Crippen LogP contribution in [0.3, 0.4) is 0 Å². The molecule has 3 heteroatoms. The fourth-order valence-electron chi connectivity index (χ4n) is 3.38. The molecule has 0 bridgehead atoms. The summed E-state index contributed by atoms with van der Waals surface area (Å²) in [6, 6.07) is 3.28. The van der Waals surface area contributed by atoms with Crippen LogP contribution in [-0.4, -0.2) is 22.4 Å². The molecule has 0 amide bonds. The molecule has 19 heavy (non-hydrogen) atoms. The van der Waals surface area contributed by atoms with Gasteiger partial charge in [-0.2, -0.15) is 5.10 Å². The molecule has 108 valence electrons. The van der Waals surface area contributed by atoms with Gasteiger partial charge in [0, 0.05) is 12.2 Å². The molecule has 2 rings (SSSR count). The molecule has 1 aliphatic carbocycles. The normalized spacial score (nSPS) is 27.6. The van der Waals surface area contributed by atoms with Crippen molar-refractivity contribution in [3.05, 3.63) is 18.0 Å². The van der Waals surface area contributed by atoms with Gasteiger partial charge in [0.15, 0.2) is 0 Å². The SMILES string of the molecule is CCCNC1CCC(CCC)CC1n1ccc(C)n1. The molecule has 0 radical (unpaired) electrons. The van der Waals surface area contributed by atoms with E-state index in [0.29, 0.717) is 12.1 Å². The van der Waals surface area contributed by atoms with Gasteiger partial charge in [0.05, 0.1) is 11.7 Å². The standard InChI is InChI=1S/C16H29N3/c1-4-6-14-7-8-15(17-10-5-2)16(12-14)19-11-9-13(3)18-19/h9,11,14-17H,4-8,10,12H2,1-3H3. The minimum atomic E-state index is 0.547. The Morgan fingerprint density at radius 2 is 2.16 bits per heavy atom. The summed E-state index contributed by atoms with van der Waals surface area (Å²) < 4.78 is 2.21. The number of nitrogens with one attached hydrogen (secondary N) is 1. The molecule has 0 aliphatic heterocycles. The highest BCUT2D eigenvalue weighted by Gasteiger charge is 2.31. The number of hydrogen-bond acceptors (Lipinski definition) is 2. The monoisotopic (exact) mass is 263 g/mol. The van der Waals surface area contributed by atoms with Crippen LogP contribution in [0.15, 0.2) is 12.3 Å². The van der Waals surface area contributed by atoms with Crippen LogP contribution in [0, 0.1) is 12.8 Å². The zero-order valence-corrected chi connectivity index (χ0v) is 12.7. The second kappa shape index (κ2) is 7.09. The average Bonchev–Trinajstić information content (AvgIpc) is 2.84. The van der Waals surface area contributed by atoms with Crippen LogP contribution in [0.2, 0.25) is 0 Å². The quantitative estimate of drug-likeness (QED) is 0.848. The largest absolute Gasteiger partial charge is 0.312 e. The van der Waals surface area contributed by atoms with Gasteiger partial charge >= 0.3 is 0 Å². The number of aromatic nitrogens is 2. The van der Waals surface area contributed by atoms with Crippen molar-refractivity contribution in [2.24, 2.45) is 5.92 Å². The van der Waals surface area contributed by atoms with Crippen molar-refractivity contribution in [3.63, 3.8) is 0 Å². The fourth-order valence-corrected chi connectivity index (χ4v) is 3.38. The Morgan fingerprint density at radius 3 is 2.79 bits per heavy atom. The van der Waals surface area contributed by atoms with E-state index >= 15 is 0 Å². The van der Waals surface area contributed by atoms with Gasteiger partial charge < -0.3 is 5.32 Å². The summed E-state index contributed by atoms with van der Waals surface area (Å²) in [5.74, 6) is 0.888. The molecule has 0 aromatic carbocycles. The first-order valence-corrected chi connectivity index (χ1v) is 7.99. The number of rotatable bonds is 6. The number of aryl methyl sites for hydroxylation is 1. The first-order chi connectivity index (χ1) is 9.24. The maximum atomic E-state index is 4.66. The van der Waals surface area contributed by atoms with Crippen LogP contribution >= 0.6 is 0 Å². The van der Waals surface area contributed by atoms with Crippen LogP contribution in [0.5, 0.6) is 0 Å². The molecular weight excluding hydrogens is 234 g/mol. The summed E-state index contributed by atoms with van der Waals surface area (Å²) in [4.78, 5) is 0. The molecular formula is C16H29N3. The van der Waals surface area contributed by atoms with E-state index in [9.17, 15) is 0 Å². The Balaban J connectivity index is 2.06. The molecule has 3 atom stereocenters. The van der Waals surface area contributed by atoms with Crippen molar-refractivity contribution in [1.82, 2.24) is 15.1 Å². The first kappa shape index (κ1) is 14.6. The summed E-state index contributed by atoms with van der Waals surface area (Å²) >= 11 is 0. The zero-order chi connectivity index (χ0) is 13.7. The van der Waals surface area contributed by atoms with E-state index < -0.39 is 0 Å². The lowest BCUT2D eigenvalue weighted by Gasteiger charge is -2.37. The smallest absolute Gasteiger partial charge is 0.0674 e. The molecule has 0 spiro atoms. The van der Waals surface area contributed by atoms with Crippen molar-refractivity contribution in [1.29, 1.82) is 0 Å². The van der Waals surface area contributed by atoms with E-state index in [1.807, 2.05) is 0 Å². The minimum absolute atomic E-state index is 0.547. The van der Waals surface area contributed by atoms with E-state index in [-0.39, 0.29) is 0 Å². The third-order valence-electron chi connectivity index (χ3n) is 4.36. The average molecular weight is 263 g/mol. The van der Waals surface area contributed by atoms with Crippen molar-refractivity contribution in [3.8, 4) is 0 Å². The Bertz CT molecular complexity index is 372. The van der Waals surface area contributed by atoms with E-state index in [0.717, 1.165) is 18.2 Å². The van der Waals surface area contributed by atoms with E-state index in [2.05, 4.69) is 48.1 Å². The molecule has 1 aromatic heterocycles. The van der Waals surface area contributed by atoms with Gasteiger partial charge in [-0.25, -0.2) is 0 Å². The van der Waals surface area contributed by atoms with E-state index in [4.69, 9.17) is 0 Å². The Labute approximate surface area is 117 Å². The summed E-state index contributed by atoms with van der Waals surface area (Å²) in [5.41, 5.74) is 1.13. The third kappa shape index (κ3) is 3.82. The third-order valence-corrected chi connectivity index (χ3v) is 4.36. The number of nitrogens with zero attached hydrogens (tertiary/aromatic N) is 2. The highest BCUT2D eigenvalue weighted by molar-refractivity contribution is 4.99. The maximum absolute atomic E-state index is 4.66. The van der Waals surface area contributed by atoms with Crippen molar-refractivity contribution in [2.45, 2.75) is 71.4 Å². The van der Waals surface area contributed by atoms with Crippen LogP contribution in [-0.2, 0) is 0 Å². The van der Waals surface area contributed by atoms with Gasteiger partial charge in [-0.05, 0) is 51.1 Å². The maximum Gasteiger partial charge on any atom is 0.0674 e. The Kier molecular flexibility index (Phi) is 5.44. The van der Waals surface area contributed by atoms with Gasteiger partial charge in [0.1, 0.15) is 0 Å². The van der Waals surface area contributed by atoms with Gasteiger partial charge in [-0.15, -0.1) is 0 Å². The Morgan fingerprint density at radius 1 is 1.32 bits per heavy atom. The molecule has 1 heterocycles. The predicted molar refractivity (Wildman–Crippen MR) is 80.3 cm³/mol. The van der Waals surface area contributed by atoms with Crippen molar-refractivity contribution >= 4 is 0 Å². The lowest BCUT2D eigenvalue weighted by atomic mass is 9.80. The molecule has 3 unspecified atom stereocenters. The molecule has 3 nitrogen and oxygen atoms in total. The second-order valence-corrected chi connectivity index (χ2v) is 6.03. The highest BCUT2D eigenvalue weighted by Crippen LogP contribution is 2.35. The minimum Gasteiger partial charge on any atom is -0.312 e. The second-order valence-electron chi connectivity index (χ2n) is 6.03. The molecule has 1 fully saturated rings. The van der Waals surface area contributed by atoms with Gasteiger partial charge in [-0.1, -0.05) is 26.7 Å². The summed E-state index contributed by atoms with van der Waals surface area (Å²) in [7, 11) is 0. The molecule has 1 saturated carbocycles. The van der Waals surface area contributed by atoms with E-state index in [1.165, 1.54) is 38.5 Å². The summed E-state index contributed by atoms with van der Waals surface area (Å²) in [6.45, 7) is 7.74. The van der Waals surface area contributed by atoms with Crippen LogP contribution in [0.25, 0.3) is 0 Å². The van der Waals surface area contributed by atoms with Crippen molar-refractivity contribution < 1.29 is 0 Å². The summed E-state index contributed by atoms with van der Waals surface area (Å²) in [5, 5.41) is 8.39. The highest BCUT2D eigenvalue weighted by atomic mass is 15.3. The molecule has 1 aromatic rings.